The monoisotopic (exact) mass is 79.0 g/mol. The Morgan fingerprint density at radius 2 is 2.50 bits per heavy atom. The number of rotatable bonds is 0. The first-order chi connectivity index (χ1) is 2.89. The van der Waals surface area contributed by atoms with E-state index < -0.39 is 0 Å². The van der Waals surface area contributed by atoms with Gasteiger partial charge in [-0.05, 0) is 12.2 Å². The molecule has 1 nitrogen and oxygen atoms in total. The second-order valence-corrected chi connectivity index (χ2v) is 1.14. The maximum absolute atomic E-state index is 5.25. The molecule has 30 valence electrons. The summed E-state index contributed by atoms with van der Waals surface area (Å²) in [7, 11) is 0. The van der Waals surface area contributed by atoms with Gasteiger partial charge >= 0.3 is 0 Å². The molecule has 0 saturated carbocycles. The second kappa shape index (κ2) is 1.04. The minimum atomic E-state index is 0.787. The van der Waals surface area contributed by atoms with E-state index in [1.807, 2.05) is 0 Å². The molecule has 6 heavy (non-hydrogen) atoms. The van der Waals surface area contributed by atoms with Gasteiger partial charge in [0.25, 0.3) is 0 Å². The zero-order chi connectivity index (χ0) is 4.41. The SMILES string of the molecule is NC1=CC=C=C1. The van der Waals surface area contributed by atoms with Crippen molar-refractivity contribution in [3.63, 3.8) is 0 Å². The van der Waals surface area contributed by atoms with Crippen molar-refractivity contribution in [1.82, 2.24) is 0 Å². The Bertz CT molecular complexity index is 136. The molecule has 0 amide bonds. The predicted octanol–water partition coefficient (Wildman–Crippen LogP) is 0.554. The predicted molar refractivity (Wildman–Crippen MR) is 24.9 cm³/mol. The Kier molecular flexibility index (Phi) is 0.562. The summed E-state index contributed by atoms with van der Waals surface area (Å²) in [6.07, 6.45) is 5.33. The smallest absolute Gasteiger partial charge is 0.0398 e. The van der Waals surface area contributed by atoms with Crippen molar-refractivity contribution in [1.29, 1.82) is 0 Å². The summed E-state index contributed by atoms with van der Waals surface area (Å²) in [6, 6.07) is 0. The molecule has 1 aliphatic rings. The highest BCUT2D eigenvalue weighted by Crippen LogP contribution is 1.90. The first kappa shape index (κ1) is 3.26. The summed E-state index contributed by atoms with van der Waals surface area (Å²) in [5.74, 6) is 0. The molecular weight excluding hydrogens is 74.1 g/mol. The van der Waals surface area contributed by atoms with Gasteiger partial charge < -0.3 is 5.73 Å². The Balaban J connectivity index is 2.88. The molecule has 1 rings (SSSR count). The van der Waals surface area contributed by atoms with E-state index in [0.717, 1.165) is 5.70 Å². The number of nitrogens with two attached hydrogens (primary N) is 1. The van der Waals surface area contributed by atoms with Crippen molar-refractivity contribution in [2.75, 3.05) is 0 Å². The molecule has 0 radical (unpaired) electrons. The Labute approximate surface area is 36.5 Å². The van der Waals surface area contributed by atoms with Crippen LogP contribution in [-0.2, 0) is 0 Å². The Morgan fingerprint density at radius 1 is 1.67 bits per heavy atom. The van der Waals surface area contributed by atoms with Crippen LogP contribution in [0.25, 0.3) is 0 Å². The van der Waals surface area contributed by atoms with Crippen LogP contribution in [0.2, 0.25) is 0 Å². The first-order valence-electron chi connectivity index (χ1n) is 1.78. The molecule has 1 heteroatoms. The topological polar surface area (TPSA) is 26.0 Å². The van der Waals surface area contributed by atoms with E-state index in [0.29, 0.717) is 0 Å². The molecule has 0 saturated heterocycles. The van der Waals surface area contributed by atoms with Gasteiger partial charge in [0.2, 0.25) is 0 Å². The second-order valence-electron chi connectivity index (χ2n) is 1.14. The third-order valence-corrected chi connectivity index (χ3v) is 0.622. The van der Waals surface area contributed by atoms with Crippen LogP contribution in [0.3, 0.4) is 0 Å². The summed E-state index contributed by atoms with van der Waals surface area (Å²) in [6.45, 7) is 0. The largest absolute Gasteiger partial charge is 0.398 e. The zero-order valence-corrected chi connectivity index (χ0v) is 3.31. The minimum absolute atomic E-state index is 0.787. The van der Waals surface area contributed by atoms with Crippen LogP contribution in [0, 0.1) is 0 Å². The van der Waals surface area contributed by atoms with Gasteiger partial charge in [-0.1, -0.05) is 0 Å². The first-order valence-corrected chi connectivity index (χ1v) is 1.78. The van der Waals surface area contributed by atoms with Crippen molar-refractivity contribution >= 4 is 0 Å². The van der Waals surface area contributed by atoms with Crippen LogP contribution in [0.5, 0.6) is 0 Å². The van der Waals surface area contributed by atoms with Crippen LogP contribution in [0.4, 0.5) is 0 Å². The van der Waals surface area contributed by atoms with Crippen molar-refractivity contribution in [3.05, 3.63) is 29.7 Å². The van der Waals surface area contributed by atoms with Crippen LogP contribution in [0.1, 0.15) is 0 Å². The standard InChI is InChI=1S/C5H5N/c6-5-3-1-2-4-5/h1,3-4H,6H2. The molecule has 0 atom stereocenters. The average Bonchev–Trinajstić information content (AvgIpc) is 1.86. The van der Waals surface area contributed by atoms with E-state index in [4.69, 9.17) is 5.73 Å². The molecule has 0 aliphatic heterocycles. The van der Waals surface area contributed by atoms with E-state index in [1.54, 1.807) is 18.2 Å². The molecule has 1 aliphatic carbocycles. The highest BCUT2D eigenvalue weighted by molar-refractivity contribution is 5.26. The van der Waals surface area contributed by atoms with E-state index in [1.165, 1.54) is 0 Å². The fourth-order valence-corrected chi connectivity index (χ4v) is 0.337. The molecule has 0 aromatic rings. The zero-order valence-electron chi connectivity index (χ0n) is 3.31. The molecule has 2 N–H and O–H groups in total. The summed E-state index contributed by atoms with van der Waals surface area (Å²) in [5.41, 5.74) is 8.84. The summed E-state index contributed by atoms with van der Waals surface area (Å²) in [4.78, 5) is 0. The molecule has 0 unspecified atom stereocenters. The van der Waals surface area contributed by atoms with E-state index >= 15 is 0 Å². The summed E-state index contributed by atoms with van der Waals surface area (Å²) < 4.78 is 0. The third-order valence-electron chi connectivity index (χ3n) is 0.622. The molecule has 0 fully saturated rings. The summed E-state index contributed by atoms with van der Waals surface area (Å²) >= 11 is 0. The number of hydrogen-bond acceptors (Lipinski definition) is 1. The lowest BCUT2D eigenvalue weighted by Gasteiger charge is -1.74. The molecule has 0 aromatic heterocycles. The fraction of sp³-hybridized carbons (Fsp3) is 0. The highest BCUT2D eigenvalue weighted by Gasteiger charge is 1.78. The summed E-state index contributed by atoms with van der Waals surface area (Å²) in [5, 5.41) is 0. The molecule has 0 aromatic carbocycles. The highest BCUT2D eigenvalue weighted by atomic mass is 14.6. The average molecular weight is 79.1 g/mol. The van der Waals surface area contributed by atoms with E-state index in [2.05, 4.69) is 5.73 Å². The van der Waals surface area contributed by atoms with Gasteiger partial charge in [-0.3, -0.25) is 0 Å². The normalized spacial score (nSPS) is 15.7. The molecular formula is C5H5N. The number of allylic oxidation sites excluding steroid dienone is 2. The number of hydrogen-bond donors (Lipinski definition) is 1. The third kappa shape index (κ3) is 0.354. The van der Waals surface area contributed by atoms with Crippen LogP contribution < -0.4 is 5.73 Å². The van der Waals surface area contributed by atoms with Crippen LogP contribution in [0.15, 0.2) is 29.7 Å². The van der Waals surface area contributed by atoms with Gasteiger partial charge in [0, 0.05) is 11.8 Å². The quantitative estimate of drug-likeness (QED) is 0.422. The van der Waals surface area contributed by atoms with E-state index in [-0.39, 0.29) is 0 Å². The van der Waals surface area contributed by atoms with E-state index in [9.17, 15) is 0 Å². The molecule has 0 heterocycles. The van der Waals surface area contributed by atoms with Crippen molar-refractivity contribution in [2.45, 2.75) is 0 Å². The van der Waals surface area contributed by atoms with Gasteiger partial charge in [0.15, 0.2) is 0 Å². The van der Waals surface area contributed by atoms with Crippen molar-refractivity contribution in [2.24, 2.45) is 5.73 Å². The molecule has 0 spiro atoms. The lowest BCUT2D eigenvalue weighted by Crippen LogP contribution is -1.87. The van der Waals surface area contributed by atoms with Gasteiger partial charge in [0.1, 0.15) is 0 Å². The maximum atomic E-state index is 5.25. The Hall–Kier alpha value is -0.940. The van der Waals surface area contributed by atoms with Gasteiger partial charge in [0.05, 0.1) is 0 Å². The van der Waals surface area contributed by atoms with Crippen LogP contribution in [-0.4, -0.2) is 0 Å². The maximum Gasteiger partial charge on any atom is 0.0398 e. The van der Waals surface area contributed by atoms with Gasteiger partial charge in [-0.15, -0.1) is 5.73 Å². The van der Waals surface area contributed by atoms with Crippen molar-refractivity contribution in [3.8, 4) is 0 Å². The fourth-order valence-electron chi connectivity index (χ4n) is 0.337. The van der Waals surface area contributed by atoms with Gasteiger partial charge in [-0.25, -0.2) is 0 Å². The van der Waals surface area contributed by atoms with Crippen LogP contribution >= 0.6 is 0 Å². The van der Waals surface area contributed by atoms with Gasteiger partial charge in [-0.2, -0.15) is 0 Å². The Morgan fingerprint density at radius 3 is 2.67 bits per heavy atom. The lowest BCUT2D eigenvalue weighted by atomic mass is 10.5. The molecule has 0 bridgehead atoms. The lowest BCUT2D eigenvalue weighted by molar-refractivity contribution is 1.45. The minimum Gasteiger partial charge on any atom is -0.398 e. The van der Waals surface area contributed by atoms with Crippen molar-refractivity contribution < 1.29 is 0 Å².